The first-order valence-corrected chi connectivity index (χ1v) is 10.1. The number of halogens is 1. The largest absolute Gasteiger partial charge is 0.352 e. The third-order valence-electron chi connectivity index (χ3n) is 4.45. The van der Waals surface area contributed by atoms with Gasteiger partial charge in [0.2, 0.25) is 5.91 Å². The number of nitrogens with zero attached hydrogens (tertiary/aromatic N) is 1. The van der Waals surface area contributed by atoms with Crippen LogP contribution in [-0.2, 0) is 14.6 Å². The zero-order valence-corrected chi connectivity index (χ0v) is 14.7. The van der Waals surface area contributed by atoms with Gasteiger partial charge in [0.1, 0.15) is 0 Å². The highest BCUT2D eigenvalue weighted by atomic mass is 35.5. The fourth-order valence-electron chi connectivity index (χ4n) is 3.19. The van der Waals surface area contributed by atoms with Crippen molar-refractivity contribution in [2.45, 2.75) is 19.3 Å². The first-order valence-electron chi connectivity index (χ1n) is 7.94. The number of carbonyl (C=O) groups is 2. The highest BCUT2D eigenvalue weighted by Crippen LogP contribution is 2.29. The minimum Gasteiger partial charge on any atom is -0.352 e. The molecular formula is C16H19ClN2O4S. The molecule has 0 aromatic heterocycles. The van der Waals surface area contributed by atoms with Crippen LogP contribution in [0.4, 0.5) is 5.69 Å². The SMILES string of the molecule is O=C(NCC1CCS(=O)(=O)C1)c1ccc(Cl)cc1N1CCCC1=O. The van der Waals surface area contributed by atoms with Crippen molar-refractivity contribution >= 4 is 38.9 Å². The second-order valence-electron chi connectivity index (χ2n) is 6.29. The molecule has 0 bridgehead atoms. The highest BCUT2D eigenvalue weighted by Gasteiger charge is 2.29. The molecule has 2 saturated heterocycles. The standard InChI is InChI=1S/C16H19ClN2O4S/c17-12-3-4-13(14(8-12)19-6-1-2-15(19)20)16(21)18-9-11-5-7-24(22,23)10-11/h3-4,8,11H,1-2,5-7,9-10H2,(H,18,21). The fourth-order valence-corrected chi connectivity index (χ4v) is 5.22. The lowest BCUT2D eigenvalue weighted by Gasteiger charge is -2.20. The molecule has 24 heavy (non-hydrogen) atoms. The Labute approximate surface area is 146 Å². The van der Waals surface area contributed by atoms with Crippen LogP contribution < -0.4 is 10.2 Å². The van der Waals surface area contributed by atoms with Crippen molar-refractivity contribution in [3.63, 3.8) is 0 Å². The normalized spacial score (nSPS) is 22.8. The summed E-state index contributed by atoms with van der Waals surface area (Å²) in [6.45, 7) is 0.883. The number of hydrogen-bond acceptors (Lipinski definition) is 4. The second-order valence-corrected chi connectivity index (χ2v) is 8.95. The molecule has 1 aromatic rings. The zero-order chi connectivity index (χ0) is 17.3. The molecule has 0 aliphatic carbocycles. The summed E-state index contributed by atoms with van der Waals surface area (Å²) in [6, 6.07) is 4.84. The molecule has 0 radical (unpaired) electrons. The van der Waals surface area contributed by atoms with Crippen LogP contribution in [0.2, 0.25) is 5.02 Å². The fraction of sp³-hybridized carbons (Fsp3) is 0.500. The molecule has 1 atom stereocenters. The lowest BCUT2D eigenvalue weighted by atomic mass is 10.1. The van der Waals surface area contributed by atoms with Crippen molar-refractivity contribution in [3.05, 3.63) is 28.8 Å². The predicted molar refractivity (Wildman–Crippen MR) is 92.1 cm³/mol. The van der Waals surface area contributed by atoms with E-state index in [1.54, 1.807) is 23.1 Å². The average molecular weight is 371 g/mol. The van der Waals surface area contributed by atoms with Gasteiger partial charge in [-0.2, -0.15) is 0 Å². The Kier molecular flexibility index (Phi) is 4.83. The number of hydrogen-bond donors (Lipinski definition) is 1. The van der Waals surface area contributed by atoms with Gasteiger partial charge < -0.3 is 10.2 Å². The maximum atomic E-state index is 12.5. The van der Waals surface area contributed by atoms with E-state index in [0.29, 0.717) is 42.2 Å². The summed E-state index contributed by atoms with van der Waals surface area (Å²) in [5, 5.41) is 3.25. The summed E-state index contributed by atoms with van der Waals surface area (Å²) in [5.41, 5.74) is 0.900. The summed E-state index contributed by atoms with van der Waals surface area (Å²) in [7, 11) is -2.96. The van der Waals surface area contributed by atoms with E-state index in [4.69, 9.17) is 11.6 Å². The van der Waals surface area contributed by atoms with Crippen molar-refractivity contribution in [1.29, 1.82) is 0 Å². The number of rotatable bonds is 4. The van der Waals surface area contributed by atoms with Crippen LogP contribution in [0.25, 0.3) is 0 Å². The van der Waals surface area contributed by atoms with Gasteiger partial charge in [0, 0.05) is 24.5 Å². The zero-order valence-electron chi connectivity index (χ0n) is 13.1. The molecule has 2 heterocycles. The van der Waals surface area contributed by atoms with Gasteiger partial charge in [-0.05, 0) is 37.0 Å². The Hall–Kier alpha value is -1.60. The molecule has 2 fully saturated rings. The Morgan fingerprint density at radius 2 is 2.17 bits per heavy atom. The van der Waals surface area contributed by atoms with E-state index in [1.807, 2.05) is 0 Å². The average Bonchev–Trinajstić information content (AvgIpc) is 3.10. The van der Waals surface area contributed by atoms with Crippen molar-refractivity contribution in [2.75, 3.05) is 29.5 Å². The van der Waals surface area contributed by atoms with Crippen molar-refractivity contribution in [1.82, 2.24) is 5.32 Å². The first-order chi connectivity index (χ1) is 11.4. The Balaban J connectivity index is 1.74. The highest BCUT2D eigenvalue weighted by molar-refractivity contribution is 7.91. The number of nitrogens with one attached hydrogen (secondary N) is 1. The minimum absolute atomic E-state index is 0.0202. The Bertz CT molecular complexity index is 778. The van der Waals surface area contributed by atoms with E-state index in [0.717, 1.165) is 6.42 Å². The van der Waals surface area contributed by atoms with Gasteiger partial charge in [0.05, 0.1) is 22.8 Å². The quantitative estimate of drug-likeness (QED) is 0.873. The third kappa shape index (κ3) is 3.72. The molecule has 3 rings (SSSR count). The molecule has 130 valence electrons. The maximum Gasteiger partial charge on any atom is 0.253 e. The van der Waals surface area contributed by atoms with E-state index < -0.39 is 9.84 Å². The molecule has 6 nitrogen and oxygen atoms in total. The summed E-state index contributed by atoms with van der Waals surface area (Å²) < 4.78 is 23.0. The number of benzene rings is 1. The maximum absolute atomic E-state index is 12.5. The van der Waals surface area contributed by atoms with Crippen molar-refractivity contribution < 1.29 is 18.0 Å². The molecule has 1 unspecified atom stereocenters. The molecule has 0 spiro atoms. The molecule has 2 aliphatic heterocycles. The van der Waals surface area contributed by atoms with Crippen LogP contribution in [0.5, 0.6) is 0 Å². The number of carbonyl (C=O) groups excluding carboxylic acids is 2. The predicted octanol–water partition coefficient (Wildman–Crippen LogP) is 1.63. The van der Waals surface area contributed by atoms with Crippen molar-refractivity contribution in [2.24, 2.45) is 5.92 Å². The molecule has 1 N–H and O–H groups in total. The van der Waals surface area contributed by atoms with E-state index in [1.165, 1.54) is 0 Å². The summed E-state index contributed by atoms with van der Waals surface area (Å²) in [5.74, 6) is -0.0881. The molecule has 1 aromatic carbocycles. The van der Waals surface area contributed by atoms with Crippen LogP contribution in [-0.4, -0.2) is 44.8 Å². The Morgan fingerprint density at radius 3 is 2.79 bits per heavy atom. The number of amides is 2. The van der Waals surface area contributed by atoms with E-state index in [2.05, 4.69) is 5.32 Å². The summed E-state index contributed by atoms with van der Waals surface area (Å²) >= 11 is 6.02. The van der Waals surface area contributed by atoms with E-state index in [9.17, 15) is 18.0 Å². The summed E-state index contributed by atoms with van der Waals surface area (Å²) in [6.07, 6.45) is 1.79. The van der Waals surface area contributed by atoms with Crippen LogP contribution in [0.3, 0.4) is 0 Å². The van der Waals surface area contributed by atoms with E-state index in [-0.39, 0.29) is 29.2 Å². The van der Waals surface area contributed by atoms with Gasteiger partial charge in [-0.15, -0.1) is 0 Å². The smallest absolute Gasteiger partial charge is 0.253 e. The lowest BCUT2D eigenvalue weighted by molar-refractivity contribution is -0.117. The van der Waals surface area contributed by atoms with Crippen LogP contribution >= 0.6 is 11.6 Å². The molecular weight excluding hydrogens is 352 g/mol. The minimum atomic E-state index is -2.96. The topological polar surface area (TPSA) is 83.6 Å². The molecule has 0 saturated carbocycles. The van der Waals surface area contributed by atoms with Gasteiger partial charge in [0.15, 0.2) is 9.84 Å². The molecule has 2 amide bonds. The van der Waals surface area contributed by atoms with Crippen molar-refractivity contribution in [3.8, 4) is 0 Å². The molecule has 8 heteroatoms. The number of anilines is 1. The van der Waals surface area contributed by atoms with Crippen LogP contribution in [0.1, 0.15) is 29.6 Å². The van der Waals surface area contributed by atoms with Gasteiger partial charge in [0.25, 0.3) is 5.91 Å². The number of sulfone groups is 1. The lowest BCUT2D eigenvalue weighted by Crippen LogP contribution is -2.32. The first kappa shape index (κ1) is 17.2. The Morgan fingerprint density at radius 1 is 1.38 bits per heavy atom. The summed E-state index contributed by atoms with van der Waals surface area (Å²) in [4.78, 5) is 26.1. The van der Waals surface area contributed by atoms with Gasteiger partial charge in [-0.25, -0.2) is 8.42 Å². The third-order valence-corrected chi connectivity index (χ3v) is 6.52. The van der Waals surface area contributed by atoms with Gasteiger partial charge >= 0.3 is 0 Å². The van der Waals surface area contributed by atoms with Gasteiger partial charge in [-0.1, -0.05) is 11.6 Å². The monoisotopic (exact) mass is 370 g/mol. The van der Waals surface area contributed by atoms with Gasteiger partial charge in [-0.3, -0.25) is 9.59 Å². The molecule has 2 aliphatic rings. The van der Waals surface area contributed by atoms with E-state index >= 15 is 0 Å². The second kappa shape index (κ2) is 6.72. The van der Waals surface area contributed by atoms with Crippen LogP contribution in [0, 0.1) is 5.92 Å². The van der Waals surface area contributed by atoms with Crippen LogP contribution in [0.15, 0.2) is 18.2 Å².